The largest absolute Gasteiger partial charge is 0.467 e. The number of carbonyl (C=O) groups is 2. The maximum atomic E-state index is 11.5. The molecule has 0 spiro atoms. The summed E-state index contributed by atoms with van der Waals surface area (Å²) in [6, 6.07) is 7.26. The molecule has 0 saturated heterocycles. The number of benzene rings is 1. The maximum absolute atomic E-state index is 11.5. The van der Waals surface area contributed by atoms with Crippen LogP contribution in [0.15, 0.2) is 30.3 Å². The molecular formula is C12H15NO5. The van der Waals surface area contributed by atoms with Gasteiger partial charge in [-0.3, -0.25) is 0 Å². The molecule has 0 bridgehead atoms. The Morgan fingerprint density at radius 1 is 1.17 bits per heavy atom. The van der Waals surface area contributed by atoms with Gasteiger partial charge in [-0.1, -0.05) is 30.3 Å². The van der Waals surface area contributed by atoms with Crippen LogP contribution in [0.25, 0.3) is 0 Å². The zero-order valence-electron chi connectivity index (χ0n) is 10.1. The number of ether oxygens (including phenoxy) is 2. The van der Waals surface area contributed by atoms with E-state index in [1.807, 2.05) is 0 Å². The molecule has 0 saturated carbocycles. The van der Waals surface area contributed by atoms with Gasteiger partial charge in [-0.25, -0.2) is 9.59 Å². The van der Waals surface area contributed by atoms with Crippen LogP contribution in [0.1, 0.15) is 11.7 Å². The van der Waals surface area contributed by atoms with Crippen LogP contribution in [0.5, 0.6) is 0 Å². The van der Waals surface area contributed by atoms with E-state index >= 15 is 0 Å². The Morgan fingerprint density at radius 3 is 2.28 bits per heavy atom. The van der Waals surface area contributed by atoms with Crippen LogP contribution in [0.2, 0.25) is 0 Å². The highest BCUT2D eigenvalue weighted by Gasteiger charge is 2.30. The Hall–Kier alpha value is -2.08. The van der Waals surface area contributed by atoms with Crippen molar-refractivity contribution in [1.29, 1.82) is 0 Å². The van der Waals surface area contributed by atoms with Crippen LogP contribution in [0.3, 0.4) is 0 Å². The van der Waals surface area contributed by atoms with E-state index in [1.54, 1.807) is 30.3 Å². The average Bonchev–Trinajstić information content (AvgIpc) is 2.43. The Bertz CT molecular complexity index is 406. The fourth-order valence-electron chi connectivity index (χ4n) is 1.42. The third-order valence-electron chi connectivity index (χ3n) is 2.37. The molecule has 6 heteroatoms. The van der Waals surface area contributed by atoms with Gasteiger partial charge in [0, 0.05) is 0 Å². The van der Waals surface area contributed by atoms with Gasteiger partial charge in [-0.15, -0.1) is 0 Å². The van der Waals surface area contributed by atoms with E-state index in [1.165, 1.54) is 14.2 Å². The van der Waals surface area contributed by atoms with Gasteiger partial charge in [0.1, 0.15) is 6.10 Å². The number of aliphatic hydroxyl groups excluding tert-OH is 1. The second-order valence-electron chi connectivity index (χ2n) is 3.49. The normalized spacial score (nSPS) is 13.3. The fraction of sp³-hybridized carbons (Fsp3) is 0.333. The first-order chi connectivity index (χ1) is 8.60. The van der Waals surface area contributed by atoms with E-state index in [0.717, 1.165) is 0 Å². The number of hydrogen-bond donors (Lipinski definition) is 2. The van der Waals surface area contributed by atoms with E-state index < -0.39 is 24.2 Å². The molecule has 18 heavy (non-hydrogen) atoms. The van der Waals surface area contributed by atoms with Crippen molar-refractivity contribution in [3.05, 3.63) is 35.9 Å². The highest BCUT2D eigenvalue weighted by molar-refractivity contribution is 5.82. The molecule has 1 amide bonds. The Morgan fingerprint density at radius 2 is 1.78 bits per heavy atom. The number of alkyl carbamates (subject to hydrolysis) is 1. The third kappa shape index (κ3) is 3.46. The van der Waals surface area contributed by atoms with Gasteiger partial charge in [0.15, 0.2) is 6.04 Å². The predicted molar refractivity (Wildman–Crippen MR) is 62.7 cm³/mol. The summed E-state index contributed by atoms with van der Waals surface area (Å²) in [5.41, 5.74) is 0.490. The molecule has 6 nitrogen and oxygen atoms in total. The van der Waals surface area contributed by atoms with Gasteiger partial charge >= 0.3 is 12.1 Å². The summed E-state index contributed by atoms with van der Waals surface area (Å²) in [5.74, 6) is -0.753. The van der Waals surface area contributed by atoms with E-state index in [9.17, 15) is 14.7 Å². The molecule has 2 N–H and O–H groups in total. The second kappa shape index (κ2) is 6.61. The topological polar surface area (TPSA) is 84.9 Å². The minimum atomic E-state index is -1.22. The quantitative estimate of drug-likeness (QED) is 0.768. The van der Waals surface area contributed by atoms with Crippen LogP contribution in [-0.2, 0) is 14.3 Å². The number of esters is 1. The Labute approximate surface area is 105 Å². The molecule has 0 aliphatic rings. The number of aliphatic hydroxyl groups is 1. The van der Waals surface area contributed by atoms with E-state index in [4.69, 9.17) is 0 Å². The minimum Gasteiger partial charge on any atom is -0.467 e. The van der Waals surface area contributed by atoms with E-state index in [2.05, 4.69) is 14.8 Å². The van der Waals surface area contributed by atoms with Crippen molar-refractivity contribution in [1.82, 2.24) is 5.32 Å². The molecule has 2 atom stereocenters. The van der Waals surface area contributed by atoms with Gasteiger partial charge in [-0.2, -0.15) is 0 Å². The highest BCUT2D eigenvalue weighted by atomic mass is 16.5. The van der Waals surface area contributed by atoms with E-state index in [-0.39, 0.29) is 0 Å². The molecule has 0 unspecified atom stereocenters. The Kier molecular flexibility index (Phi) is 5.13. The van der Waals surface area contributed by atoms with Gasteiger partial charge in [-0.05, 0) is 5.56 Å². The van der Waals surface area contributed by atoms with Crippen molar-refractivity contribution in [3.63, 3.8) is 0 Å². The lowest BCUT2D eigenvalue weighted by Gasteiger charge is -2.21. The zero-order valence-corrected chi connectivity index (χ0v) is 10.1. The molecule has 1 aromatic rings. The molecule has 0 aromatic heterocycles. The lowest BCUT2D eigenvalue weighted by Crippen LogP contribution is -2.45. The first kappa shape index (κ1) is 14.0. The summed E-state index contributed by atoms with van der Waals surface area (Å²) < 4.78 is 8.92. The summed E-state index contributed by atoms with van der Waals surface area (Å²) in [5, 5.41) is 12.3. The van der Waals surface area contributed by atoms with E-state index in [0.29, 0.717) is 5.56 Å². The van der Waals surface area contributed by atoms with Gasteiger partial charge in [0.2, 0.25) is 0 Å². The zero-order chi connectivity index (χ0) is 13.5. The number of amides is 1. The number of carbonyl (C=O) groups excluding carboxylic acids is 2. The summed E-state index contributed by atoms with van der Waals surface area (Å²) >= 11 is 0. The number of rotatable bonds is 4. The minimum absolute atomic E-state index is 0.490. The van der Waals surface area contributed by atoms with Crippen LogP contribution >= 0.6 is 0 Å². The molecule has 1 rings (SSSR count). The van der Waals surface area contributed by atoms with Gasteiger partial charge < -0.3 is 19.9 Å². The number of methoxy groups -OCH3 is 2. The molecule has 0 radical (unpaired) electrons. The van der Waals surface area contributed by atoms with Crippen molar-refractivity contribution in [3.8, 4) is 0 Å². The summed E-state index contributed by atoms with van der Waals surface area (Å²) in [6.45, 7) is 0. The number of nitrogens with one attached hydrogen (secondary N) is 1. The van der Waals surface area contributed by atoms with Crippen molar-refractivity contribution in [2.24, 2.45) is 0 Å². The van der Waals surface area contributed by atoms with Gasteiger partial charge in [0.25, 0.3) is 0 Å². The summed E-state index contributed by atoms with van der Waals surface area (Å²) in [6.07, 6.45) is -2.03. The van der Waals surface area contributed by atoms with Crippen molar-refractivity contribution in [2.75, 3.05) is 14.2 Å². The maximum Gasteiger partial charge on any atom is 0.407 e. The first-order valence-corrected chi connectivity index (χ1v) is 5.25. The second-order valence-corrected chi connectivity index (χ2v) is 3.49. The molecule has 98 valence electrons. The first-order valence-electron chi connectivity index (χ1n) is 5.25. The standard InChI is InChI=1S/C12H15NO5/c1-17-11(15)9(13-12(16)18-2)10(14)8-6-4-3-5-7-8/h3-7,9-10,14H,1-2H3,(H,13,16)/t9-,10+/m1/s1. The van der Waals surface area contributed by atoms with Crippen LogP contribution in [0.4, 0.5) is 4.79 Å². The van der Waals surface area contributed by atoms with Crippen LogP contribution in [-0.4, -0.2) is 37.4 Å². The molecule has 1 aromatic carbocycles. The van der Waals surface area contributed by atoms with Crippen molar-refractivity contribution in [2.45, 2.75) is 12.1 Å². The average molecular weight is 253 g/mol. The SMILES string of the molecule is COC(=O)N[C@@H](C(=O)OC)[C@@H](O)c1ccccc1. The lowest BCUT2D eigenvalue weighted by molar-refractivity contribution is -0.146. The van der Waals surface area contributed by atoms with Crippen LogP contribution in [0, 0.1) is 0 Å². The Balaban J connectivity index is 2.89. The summed E-state index contributed by atoms with van der Waals surface area (Å²) in [7, 11) is 2.34. The van der Waals surface area contributed by atoms with Crippen molar-refractivity contribution >= 4 is 12.1 Å². The smallest absolute Gasteiger partial charge is 0.407 e. The molecule has 0 aliphatic carbocycles. The monoisotopic (exact) mass is 253 g/mol. The van der Waals surface area contributed by atoms with Crippen molar-refractivity contribution < 1.29 is 24.2 Å². The molecule has 0 aliphatic heterocycles. The number of hydrogen-bond acceptors (Lipinski definition) is 5. The predicted octanol–water partition coefficient (Wildman–Crippen LogP) is 0.618. The summed E-state index contributed by atoms with van der Waals surface area (Å²) in [4.78, 5) is 22.7. The molecule has 0 heterocycles. The fourth-order valence-corrected chi connectivity index (χ4v) is 1.42. The highest BCUT2D eigenvalue weighted by Crippen LogP contribution is 2.17. The lowest BCUT2D eigenvalue weighted by atomic mass is 10.0. The van der Waals surface area contributed by atoms with Gasteiger partial charge in [0.05, 0.1) is 14.2 Å². The molecule has 0 fully saturated rings. The van der Waals surface area contributed by atoms with Crippen LogP contribution < -0.4 is 5.32 Å². The third-order valence-corrected chi connectivity index (χ3v) is 2.37. The molecular weight excluding hydrogens is 238 g/mol.